The first-order chi connectivity index (χ1) is 17.6. The van der Waals surface area contributed by atoms with Crippen LogP contribution in [0, 0.1) is 0 Å². The monoisotopic (exact) mass is 556 g/mol. The van der Waals surface area contributed by atoms with Gasteiger partial charge in [-0.1, -0.05) is 70.2 Å². The largest absolute Gasteiger partial charge is 0.272 e. The molecule has 2 aromatic heterocycles. The maximum absolute atomic E-state index is 12.7. The minimum absolute atomic E-state index is 0.136. The molecule has 2 heterocycles. The molecule has 9 heteroatoms. The standard InChI is InChI=1S/C27H21BrN6OS/c1-18(23-8-4-6-19-5-2-3-7-24(19)23)30-31-25(35)17-36-27-33-32-26(20-13-15-29-16-14-20)34(27)22-11-9-21(28)10-12-22/h2-16H,17H2,1H3,(H,31,35). The van der Waals surface area contributed by atoms with Crippen molar-refractivity contribution in [2.24, 2.45) is 5.10 Å². The molecule has 7 nitrogen and oxygen atoms in total. The summed E-state index contributed by atoms with van der Waals surface area (Å²) in [4.78, 5) is 16.8. The number of fused-ring (bicyclic) bond motifs is 1. The van der Waals surface area contributed by atoms with Gasteiger partial charge in [0, 0.05) is 33.7 Å². The van der Waals surface area contributed by atoms with E-state index in [0.717, 1.165) is 37.8 Å². The lowest BCUT2D eigenvalue weighted by atomic mass is 10.0. The average molecular weight is 557 g/mol. The Morgan fingerprint density at radius 1 is 0.972 bits per heavy atom. The van der Waals surface area contributed by atoms with Gasteiger partial charge in [-0.05, 0) is 54.1 Å². The van der Waals surface area contributed by atoms with Crippen LogP contribution >= 0.6 is 27.7 Å². The van der Waals surface area contributed by atoms with E-state index in [-0.39, 0.29) is 11.7 Å². The first-order valence-corrected chi connectivity index (χ1v) is 12.9. The Morgan fingerprint density at radius 3 is 2.53 bits per heavy atom. The second kappa shape index (κ2) is 10.8. The zero-order valence-corrected chi connectivity index (χ0v) is 21.7. The van der Waals surface area contributed by atoms with Gasteiger partial charge in [-0.3, -0.25) is 14.3 Å². The van der Waals surface area contributed by atoms with Crippen LogP contribution in [0.5, 0.6) is 0 Å². The zero-order chi connectivity index (χ0) is 24.9. The van der Waals surface area contributed by atoms with E-state index in [1.54, 1.807) is 12.4 Å². The summed E-state index contributed by atoms with van der Waals surface area (Å²) in [5, 5.41) is 15.9. The van der Waals surface area contributed by atoms with E-state index >= 15 is 0 Å². The van der Waals surface area contributed by atoms with E-state index < -0.39 is 0 Å². The first-order valence-electron chi connectivity index (χ1n) is 11.2. The Morgan fingerprint density at radius 2 is 1.72 bits per heavy atom. The van der Waals surface area contributed by atoms with Crippen LogP contribution in [0.4, 0.5) is 0 Å². The number of hydrazone groups is 1. The maximum atomic E-state index is 12.7. The number of hydrogen-bond acceptors (Lipinski definition) is 6. The summed E-state index contributed by atoms with van der Waals surface area (Å²) in [6.45, 7) is 1.89. The van der Waals surface area contributed by atoms with Crippen LogP contribution in [-0.2, 0) is 4.79 Å². The molecule has 1 N–H and O–H groups in total. The van der Waals surface area contributed by atoms with Crippen molar-refractivity contribution < 1.29 is 4.79 Å². The minimum atomic E-state index is -0.226. The number of carbonyl (C=O) groups is 1. The van der Waals surface area contributed by atoms with Gasteiger partial charge in [0.15, 0.2) is 11.0 Å². The van der Waals surface area contributed by atoms with Crippen LogP contribution in [0.2, 0.25) is 0 Å². The first kappa shape index (κ1) is 23.9. The SMILES string of the molecule is CC(=NNC(=O)CSc1nnc(-c2ccncc2)n1-c1ccc(Br)cc1)c1cccc2ccccc12. The normalized spacial score (nSPS) is 11.6. The molecule has 0 fully saturated rings. The molecule has 0 spiro atoms. The number of hydrogen-bond donors (Lipinski definition) is 1. The van der Waals surface area contributed by atoms with Gasteiger partial charge in [0.05, 0.1) is 11.5 Å². The molecule has 178 valence electrons. The van der Waals surface area contributed by atoms with Crippen LogP contribution in [0.1, 0.15) is 12.5 Å². The van der Waals surface area contributed by atoms with Gasteiger partial charge in [0.2, 0.25) is 0 Å². The third kappa shape index (κ3) is 5.22. The molecular weight excluding hydrogens is 536 g/mol. The van der Waals surface area contributed by atoms with Gasteiger partial charge in [0.1, 0.15) is 0 Å². The molecule has 0 aliphatic carbocycles. The van der Waals surface area contributed by atoms with Gasteiger partial charge >= 0.3 is 0 Å². The predicted octanol–water partition coefficient (Wildman–Crippen LogP) is 5.88. The van der Waals surface area contributed by atoms with E-state index in [2.05, 4.69) is 59.8 Å². The molecule has 1 amide bonds. The lowest BCUT2D eigenvalue weighted by Gasteiger charge is -2.10. The summed E-state index contributed by atoms with van der Waals surface area (Å²) >= 11 is 4.78. The van der Waals surface area contributed by atoms with Gasteiger partial charge in [-0.2, -0.15) is 5.10 Å². The number of benzene rings is 3. The number of nitrogens with zero attached hydrogens (tertiary/aromatic N) is 5. The number of nitrogens with one attached hydrogen (secondary N) is 1. The fraction of sp³-hybridized carbons (Fsp3) is 0.0741. The van der Waals surface area contributed by atoms with Gasteiger partial charge in [-0.15, -0.1) is 10.2 Å². The molecule has 0 atom stereocenters. The van der Waals surface area contributed by atoms with Crippen LogP contribution in [0.25, 0.3) is 27.8 Å². The van der Waals surface area contributed by atoms with E-state index in [9.17, 15) is 4.79 Å². The highest BCUT2D eigenvalue weighted by Gasteiger charge is 2.17. The molecule has 0 radical (unpaired) electrons. The summed E-state index contributed by atoms with van der Waals surface area (Å²) in [6.07, 6.45) is 3.43. The number of thioether (sulfide) groups is 1. The third-order valence-corrected chi connectivity index (χ3v) is 6.97. The molecule has 36 heavy (non-hydrogen) atoms. The Hall–Kier alpha value is -3.82. The van der Waals surface area contributed by atoms with Crippen molar-refractivity contribution in [1.82, 2.24) is 25.2 Å². The average Bonchev–Trinajstić information content (AvgIpc) is 3.35. The number of amides is 1. The number of carbonyl (C=O) groups excluding carboxylic acids is 1. The van der Waals surface area contributed by atoms with Crippen molar-refractivity contribution in [3.8, 4) is 17.1 Å². The minimum Gasteiger partial charge on any atom is -0.272 e. The fourth-order valence-corrected chi connectivity index (χ4v) is 4.79. The highest BCUT2D eigenvalue weighted by atomic mass is 79.9. The Bertz CT molecular complexity index is 1540. The van der Waals surface area contributed by atoms with Crippen LogP contribution in [-0.4, -0.2) is 37.1 Å². The zero-order valence-electron chi connectivity index (χ0n) is 19.3. The van der Waals surface area contributed by atoms with Crippen molar-refractivity contribution in [3.05, 3.63) is 101 Å². The highest BCUT2D eigenvalue weighted by molar-refractivity contribution is 9.10. The predicted molar refractivity (Wildman–Crippen MR) is 147 cm³/mol. The highest BCUT2D eigenvalue weighted by Crippen LogP contribution is 2.28. The summed E-state index contributed by atoms with van der Waals surface area (Å²) < 4.78 is 2.91. The van der Waals surface area contributed by atoms with Crippen LogP contribution in [0.3, 0.4) is 0 Å². The summed E-state index contributed by atoms with van der Waals surface area (Å²) in [5.41, 5.74) is 6.17. The van der Waals surface area contributed by atoms with Crippen LogP contribution in [0.15, 0.2) is 106 Å². The Balaban J connectivity index is 1.34. The summed E-state index contributed by atoms with van der Waals surface area (Å²) in [7, 11) is 0. The number of rotatable bonds is 7. The van der Waals surface area contributed by atoms with E-state index in [4.69, 9.17) is 0 Å². The van der Waals surface area contributed by atoms with E-state index in [1.807, 2.05) is 72.2 Å². The molecule has 0 saturated carbocycles. The fourth-order valence-electron chi connectivity index (χ4n) is 3.78. The van der Waals surface area contributed by atoms with Crippen molar-refractivity contribution in [2.75, 3.05) is 5.75 Å². The summed E-state index contributed by atoms with van der Waals surface area (Å²) in [5.74, 6) is 0.583. The molecule has 0 unspecified atom stereocenters. The molecule has 3 aromatic carbocycles. The van der Waals surface area contributed by atoms with Crippen molar-refractivity contribution >= 4 is 50.1 Å². The molecule has 0 aliphatic heterocycles. The smallest absolute Gasteiger partial charge is 0.250 e. The van der Waals surface area contributed by atoms with Gasteiger partial charge in [0.25, 0.3) is 5.91 Å². The second-order valence-corrected chi connectivity index (χ2v) is 9.76. The maximum Gasteiger partial charge on any atom is 0.250 e. The number of pyridine rings is 1. The Labute approximate surface area is 220 Å². The van der Waals surface area contributed by atoms with Gasteiger partial charge < -0.3 is 0 Å². The van der Waals surface area contributed by atoms with Crippen LogP contribution < -0.4 is 5.43 Å². The quantitative estimate of drug-likeness (QED) is 0.154. The second-order valence-electron chi connectivity index (χ2n) is 7.90. The van der Waals surface area contributed by atoms with Crippen molar-refractivity contribution in [3.63, 3.8) is 0 Å². The van der Waals surface area contributed by atoms with E-state index in [0.29, 0.717) is 11.0 Å². The van der Waals surface area contributed by atoms with Gasteiger partial charge in [-0.25, -0.2) is 5.43 Å². The Kier molecular flexibility index (Phi) is 7.20. The van der Waals surface area contributed by atoms with Crippen molar-refractivity contribution in [1.29, 1.82) is 0 Å². The molecular formula is C27H21BrN6OS. The number of halogens is 1. The molecule has 0 saturated heterocycles. The molecule has 5 aromatic rings. The number of aromatic nitrogens is 4. The third-order valence-electron chi connectivity index (χ3n) is 5.52. The summed E-state index contributed by atoms with van der Waals surface area (Å²) in [6, 6.07) is 25.8. The van der Waals surface area contributed by atoms with E-state index in [1.165, 1.54) is 11.8 Å². The molecule has 5 rings (SSSR count). The molecule has 0 bridgehead atoms. The molecule has 0 aliphatic rings. The lowest BCUT2D eigenvalue weighted by molar-refractivity contribution is -0.118. The van der Waals surface area contributed by atoms with Crippen molar-refractivity contribution in [2.45, 2.75) is 12.1 Å². The lowest BCUT2D eigenvalue weighted by Crippen LogP contribution is -2.21. The topological polar surface area (TPSA) is 85.1 Å².